The molecule has 3 rings (SSSR count). The normalized spacial score (nSPS) is 18.1. The number of aryl methyl sites for hydroxylation is 1. The van der Waals surface area contributed by atoms with Crippen molar-refractivity contribution in [2.45, 2.75) is 19.3 Å². The molecule has 2 aliphatic rings. The van der Waals surface area contributed by atoms with Gasteiger partial charge in [0.25, 0.3) is 0 Å². The highest BCUT2D eigenvalue weighted by molar-refractivity contribution is 5.75. The largest absolute Gasteiger partial charge is 0.493 e. The van der Waals surface area contributed by atoms with Crippen molar-refractivity contribution in [2.24, 2.45) is 0 Å². The van der Waals surface area contributed by atoms with Crippen LogP contribution in [0.2, 0.25) is 0 Å². The van der Waals surface area contributed by atoms with Crippen LogP contribution in [0.25, 0.3) is 0 Å². The molecule has 3 heteroatoms. The standard InChI is InChI=1S/C11H10O3/c12-11-2-1-7-5-8-3-4-13-9(8)6-10(7)14-11/h5-6H,1-4H2. The van der Waals surface area contributed by atoms with Gasteiger partial charge in [-0.2, -0.15) is 0 Å². The third-order valence-corrected chi connectivity index (χ3v) is 2.69. The van der Waals surface area contributed by atoms with Gasteiger partial charge >= 0.3 is 5.97 Å². The van der Waals surface area contributed by atoms with Crippen LogP contribution in [0.15, 0.2) is 12.1 Å². The van der Waals surface area contributed by atoms with Gasteiger partial charge in [0.1, 0.15) is 11.5 Å². The minimum Gasteiger partial charge on any atom is -0.493 e. The van der Waals surface area contributed by atoms with E-state index in [1.54, 1.807) is 0 Å². The Morgan fingerprint density at radius 1 is 1.00 bits per heavy atom. The molecule has 0 spiro atoms. The van der Waals surface area contributed by atoms with Crippen molar-refractivity contribution >= 4 is 5.97 Å². The van der Waals surface area contributed by atoms with E-state index in [0.717, 1.165) is 30.8 Å². The molecule has 0 aromatic heterocycles. The van der Waals surface area contributed by atoms with Gasteiger partial charge in [-0.15, -0.1) is 0 Å². The van der Waals surface area contributed by atoms with E-state index in [4.69, 9.17) is 9.47 Å². The Hall–Kier alpha value is -1.51. The summed E-state index contributed by atoms with van der Waals surface area (Å²) in [6.07, 6.45) is 2.25. The van der Waals surface area contributed by atoms with Crippen molar-refractivity contribution in [3.05, 3.63) is 23.3 Å². The topological polar surface area (TPSA) is 35.5 Å². The van der Waals surface area contributed by atoms with Gasteiger partial charge in [0.05, 0.1) is 13.0 Å². The molecule has 0 aliphatic carbocycles. The maximum absolute atomic E-state index is 11.1. The average Bonchev–Trinajstić information content (AvgIpc) is 2.61. The number of esters is 1. The molecule has 14 heavy (non-hydrogen) atoms. The Kier molecular flexibility index (Phi) is 1.54. The molecular weight excluding hydrogens is 180 g/mol. The maximum Gasteiger partial charge on any atom is 0.311 e. The lowest BCUT2D eigenvalue weighted by molar-refractivity contribution is -0.135. The first-order valence-electron chi connectivity index (χ1n) is 4.82. The third kappa shape index (κ3) is 1.09. The SMILES string of the molecule is O=C1CCc2cc3c(cc2O1)OCC3. The summed E-state index contributed by atoms with van der Waals surface area (Å²) >= 11 is 0. The van der Waals surface area contributed by atoms with E-state index in [-0.39, 0.29) is 5.97 Å². The highest BCUT2D eigenvalue weighted by Gasteiger charge is 2.22. The zero-order valence-corrected chi connectivity index (χ0v) is 7.71. The highest BCUT2D eigenvalue weighted by atomic mass is 16.5. The third-order valence-electron chi connectivity index (χ3n) is 2.69. The fourth-order valence-electron chi connectivity index (χ4n) is 1.96. The van der Waals surface area contributed by atoms with Crippen LogP contribution in [0.1, 0.15) is 17.5 Å². The molecule has 1 aromatic rings. The van der Waals surface area contributed by atoms with Crippen molar-refractivity contribution in [2.75, 3.05) is 6.61 Å². The molecule has 0 saturated heterocycles. The summed E-state index contributed by atoms with van der Waals surface area (Å²) in [6.45, 7) is 0.742. The van der Waals surface area contributed by atoms with Gasteiger partial charge in [-0.25, -0.2) is 0 Å². The van der Waals surface area contributed by atoms with Gasteiger partial charge in [0.2, 0.25) is 0 Å². The Bertz CT molecular complexity index is 409. The zero-order chi connectivity index (χ0) is 9.54. The first-order chi connectivity index (χ1) is 6.83. The molecule has 0 atom stereocenters. The van der Waals surface area contributed by atoms with Crippen molar-refractivity contribution in [1.82, 2.24) is 0 Å². The fraction of sp³-hybridized carbons (Fsp3) is 0.364. The Morgan fingerprint density at radius 3 is 2.79 bits per heavy atom. The number of rotatable bonds is 0. The van der Waals surface area contributed by atoms with Crippen LogP contribution in [0.5, 0.6) is 11.5 Å². The van der Waals surface area contributed by atoms with Crippen LogP contribution in [0.3, 0.4) is 0 Å². The van der Waals surface area contributed by atoms with E-state index in [1.807, 2.05) is 6.07 Å². The Balaban J connectivity index is 2.10. The van der Waals surface area contributed by atoms with Crippen LogP contribution < -0.4 is 9.47 Å². The monoisotopic (exact) mass is 190 g/mol. The Morgan fingerprint density at radius 2 is 1.86 bits per heavy atom. The van der Waals surface area contributed by atoms with Crippen LogP contribution in [0.4, 0.5) is 0 Å². The molecular formula is C11H10O3. The van der Waals surface area contributed by atoms with Gasteiger partial charge in [0.15, 0.2) is 0 Å². The summed E-state index contributed by atoms with van der Waals surface area (Å²) in [5, 5.41) is 0. The van der Waals surface area contributed by atoms with E-state index in [2.05, 4.69) is 6.07 Å². The van der Waals surface area contributed by atoms with E-state index in [0.29, 0.717) is 12.2 Å². The van der Waals surface area contributed by atoms with Crippen molar-refractivity contribution in [1.29, 1.82) is 0 Å². The second kappa shape index (κ2) is 2.74. The molecule has 2 aliphatic heterocycles. The van der Waals surface area contributed by atoms with Gasteiger partial charge in [-0.3, -0.25) is 4.79 Å². The highest BCUT2D eigenvalue weighted by Crippen LogP contribution is 2.35. The number of benzene rings is 1. The van der Waals surface area contributed by atoms with Crippen molar-refractivity contribution in [3.8, 4) is 11.5 Å². The second-order valence-corrected chi connectivity index (χ2v) is 3.64. The molecule has 1 aromatic carbocycles. The first kappa shape index (κ1) is 7.85. The molecule has 3 nitrogen and oxygen atoms in total. The predicted molar refractivity (Wildman–Crippen MR) is 49.6 cm³/mol. The summed E-state index contributed by atoms with van der Waals surface area (Å²) in [4.78, 5) is 11.1. The summed E-state index contributed by atoms with van der Waals surface area (Å²) in [5.74, 6) is 1.41. The molecule has 0 saturated carbocycles. The average molecular weight is 190 g/mol. The molecule has 0 N–H and O–H groups in total. The minimum absolute atomic E-state index is 0.143. The number of hydrogen-bond acceptors (Lipinski definition) is 3. The van der Waals surface area contributed by atoms with Crippen LogP contribution in [-0.4, -0.2) is 12.6 Å². The van der Waals surface area contributed by atoms with E-state index in [9.17, 15) is 4.79 Å². The summed E-state index contributed by atoms with van der Waals surface area (Å²) in [5.41, 5.74) is 2.37. The van der Waals surface area contributed by atoms with E-state index >= 15 is 0 Å². The second-order valence-electron chi connectivity index (χ2n) is 3.64. The van der Waals surface area contributed by atoms with Crippen LogP contribution in [-0.2, 0) is 17.6 Å². The van der Waals surface area contributed by atoms with E-state index < -0.39 is 0 Å². The summed E-state index contributed by atoms with van der Waals surface area (Å²) in [6, 6.07) is 3.94. The lowest BCUT2D eigenvalue weighted by Gasteiger charge is -2.16. The summed E-state index contributed by atoms with van der Waals surface area (Å²) < 4.78 is 10.5. The molecule has 0 bridgehead atoms. The number of ether oxygens (including phenoxy) is 2. The molecule has 2 heterocycles. The smallest absolute Gasteiger partial charge is 0.311 e. The van der Waals surface area contributed by atoms with Crippen molar-refractivity contribution in [3.63, 3.8) is 0 Å². The molecule has 0 amide bonds. The minimum atomic E-state index is -0.143. The number of fused-ring (bicyclic) bond motifs is 2. The maximum atomic E-state index is 11.1. The zero-order valence-electron chi connectivity index (χ0n) is 7.71. The number of carbonyl (C=O) groups excluding carboxylic acids is 1. The molecule has 0 unspecified atom stereocenters. The Labute approximate surface area is 81.6 Å². The van der Waals surface area contributed by atoms with Gasteiger partial charge in [-0.05, 0) is 23.6 Å². The fourth-order valence-corrected chi connectivity index (χ4v) is 1.96. The predicted octanol–water partition coefficient (Wildman–Crippen LogP) is 1.47. The lowest BCUT2D eigenvalue weighted by Crippen LogP contribution is -2.15. The first-order valence-corrected chi connectivity index (χ1v) is 4.82. The molecule has 72 valence electrons. The number of carbonyl (C=O) groups is 1. The van der Waals surface area contributed by atoms with Gasteiger partial charge in [-0.1, -0.05) is 0 Å². The van der Waals surface area contributed by atoms with Gasteiger partial charge < -0.3 is 9.47 Å². The quantitative estimate of drug-likeness (QED) is 0.459. The van der Waals surface area contributed by atoms with Crippen LogP contribution in [0, 0.1) is 0 Å². The van der Waals surface area contributed by atoms with Crippen LogP contribution >= 0.6 is 0 Å². The lowest BCUT2D eigenvalue weighted by atomic mass is 10.0. The molecule has 0 fully saturated rings. The van der Waals surface area contributed by atoms with Crippen molar-refractivity contribution < 1.29 is 14.3 Å². The molecule has 0 radical (unpaired) electrons. The van der Waals surface area contributed by atoms with E-state index in [1.165, 1.54) is 5.56 Å². The number of hydrogen-bond donors (Lipinski definition) is 0. The van der Waals surface area contributed by atoms with Gasteiger partial charge in [0, 0.05) is 12.5 Å². The summed E-state index contributed by atoms with van der Waals surface area (Å²) in [7, 11) is 0.